The number of carbonyl (C=O) groups is 2. The first-order valence-corrected chi connectivity index (χ1v) is 9.54. The lowest BCUT2D eigenvalue weighted by molar-refractivity contribution is -0.139. The van der Waals surface area contributed by atoms with Crippen LogP contribution in [0.2, 0.25) is 0 Å². The summed E-state index contributed by atoms with van der Waals surface area (Å²) in [5, 5.41) is 17.4. The van der Waals surface area contributed by atoms with Crippen molar-refractivity contribution < 1.29 is 19.8 Å². The summed E-state index contributed by atoms with van der Waals surface area (Å²) in [5.74, 6) is -0.347. The minimum atomic E-state index is -0.955. The summed E-state index contributed by atoms with van der Waals surface area (Å²) in [6, 6.07) is -0.742. The van der Waals surface area contributed by atoms with Crippen molar-refractivity contribution >= 4 is 33.5 Å². The molecule has 2 atom stereocenters. The minimum absolute atomic E-state index is 0.338. The topological polar surface area (TPSA) is 127 Å². The third-order valence-electron chi connectivity index (χ3n) is 2.93. The quantitative estimate of drug-likeness (QED) is 0.371. The van der Waals surface area contributed by atoms with Crippen molar-refractivity contribution in [3.05, 3.63) is 0 Å². The summed E-state index contributed by atoms with van der Waals surface area (Å²) in [5.41, 5.74) is 10.3. The van der Waals surface area contributed by atoms with E-state index in [0.717, 1.165) is 18.1 Å². The van der Waals surface area contributed by atoms with E-state index in [1.807, 2.05) is 21.6 Å². The molecule has 1 saturated heterocycles. The molecule has 0 amide bonds. The maximum Gasteiger partial charge on any atom is 0.320 e. The lowest BCUT2D eigenvalue weighted by atomic mass is 10.1. The van der Waals surface area contributed by atoms with Crippen LogP contribution in [0.25, 0.3) is 0 Å². The highest BCUT2D eigenvalue weighted by Crippen LogP contribution is 2.39. The zero-order chi connectivity index (χ0) is 16.1. The van der Waals surface area contributed by atoms with Gasteiger partial charge in [0.05, 0.1) is 0 Å². The average Bonchev–Trinajstić information content (AvgIpc) is 2.94. The van der Waals surface area contributed by atoms with E-state index in [1.165, 1.54) is 18.6 Å². The fraction of sp³-hybridized carbons (Fsp3) is 0.846. The van der Waals surface area contributed by atoms with Crippen LogP contribution in [0.1, 0.15) is 44.9 Å². The Labute approximate surface area is 133 Å². The molecule has 0 unspecified atom stereocenters. The van der Waals surface area contributed by atoms with Gasteiger partial charge in [0.1, 0.15) is 6.04 Å². The standard InChI is InChI=1S/C8H14O2S2.C5H12N2O2/c9-8(10)4-2-1-3-7-5-6-11-12-7;6-3-1-2-4(7)5(8)9/h7H,1-6H2,(H,9,10);4H,1-3,6-7H2,(H,8,9)/t7-;4-/m00/s1. The first-order chi connectivity index (χ1) is 9.97. The fourth-order valence-corrected chi connectivity index (χ4v) is 4.70. The van der Waals surface area contributed by atoms with Crippen LogP contribution in [-0.2, 0) is 9.59 Å². The Morgan fingerprint density at radius 1 is 1.24 bits per heavy atom. The van der Waals surface area contributed by atoms with Gasteiger partial charge in [-0.25, -0.2) is 0 Å². The van der Waals surface area contributed by atoms with E-state index in [0.29, 0.717) is 25.8 Å². The molecule has 0 aliphatic carbocycles. The van der Waals surface area contributed by atoms with Gasteiger partial charge in [0.15, 0.2) is 0 Å². The predicted octanol–water partition coefficient (Wildman–Crippen LogP) is 1.92. The summed E-state index contributed by atoms with van der Waals surface area (Å²) >= 11 is 0. The van der Waals surface area contributed by atoms with Crippen LogP contribution < -0.4 is 11.5 Å². The highest BCUT2D eigenvalue weighted by Gasteiger charge is 2.15. The highest BCUT2D eigenvalue weighted by molar-refractivity contribution is 8.77. The first kappa shape index (κ1) is 20.6. The minimum Gasteiger partial charge on any atom is -0.481 e. The van der Waals surface area contributed by atoms with Gasteiger partial charge in [0.25, 0.3) is 0 Å². The Hall–Kier alpha value is -0.440. The average molecular weight is 338 g/mol. The van der Waals surface area contributed by atoms with Gasteiger partial charge in [-0.2, -0.15) is 0 Å². The molecular formula is C13H26N2O4S2. The van der Waals surface area contributed by atoms with Gasteiger partial charge >= 0.3 is 11.9 Å². The van der Waals surface area contributed by atoms with E-state index in [-0.39, 0.29) is 0 Å². The SMILES string of the molecule is NCCC[C@H](N)C(=O)O.O=C(O)CCCC[C@H]1CCSS1. The third kappa shape index (κ3) is 13.0. The molecular weight excluding hydrogens is 312 g/mol. The molecule has 6 N–H and O–H groups in total. The number of unbranched alkanes of at least 4 members (excludes halogenated alkanes) is 1. The van der Waals surface area contributed by atoms with E-state index in [9.17, 15) is 9.59 Å². The van der Waals surface area contributed by atoms with Gasteiger partial charge in [-0.05, 0) is 38.6 Å². The summed E-state index contributed by atoms with van der Waals surface area (Å²) in [6.45, 7) is 0.501. The normalized spacial score (nSPS) is 18.7. The van der Waals surface area contributed by atoms with Crippen molar-refractivity contribution in [3.63, 3.8) is 0 Å². The lowest BCUT2D eigenvalue weighted by Crippen LogP contribution is -2.30. The third-order valence-corrected chi connectivity index (χ3v) is 5.94. The van der Waals surface area contributed by atoms with Gasteiger partial charge in [-0.1, -0.05) is 28.0 Å². The second-order valence-corrected chi connectivity index (χ2v) is 7.63. The number of aliphatic carboxylic acids is 2. The van der Waals surface area contributed by atoms with Crippen molar-refractivity contribution in [2.75, 3.05) is 12.3 Å². The number of hydrogen-bond acceptors (Lipinski definition) is 6. The fourth-order valence-electron chi connectivity index (χ4n) is 1.67. The van der Waals surface area contributed by atoms with Crippen LogP contribution in [0.15, 0.2) is 0 Å². The molecule has 6 nitrogen and oxygen atoms in total. The van der Waals surface area contributed by atoms with Crippen LogP contribution in [0.3, 0.4) is 0 Å². The van der Waals surface area contributed by atoms with Crippen LogP contribution in [0.5, 0.6) is 0 Å². The molecule has 21 heavy (non-hydrogen) atoms. The van der Waals surface area contributed by atoms with Gasteiger partial charge < -0.3 is 21.7 Å². The molecule has 0 aromatic heterocycles. The Balaban J connectivity index is 0.000000400. The van der Waals surface area contributed by atoms with E-state index in [4.69, 9.17) is 21.7 Å². The van der Waals surface area contributed by atoms with E-state index >= 15 is 0 Å². The van der Waals surface area contributed by atoms with Crippen molar-refractivity contribution in [2.24, 2.45) is 11.5 Å². The van der Waals surface area contributed by atoms with Crippen LogP contribution in [-0.4, -0.2) is 45.7 Å². The Morgan fingerprint density at radius 3 is 2.43 bits per heavy atom. The summed E-state index contributed by atoms with van der Waals surface area (Å²) < 4.78 is 0. The number of hydrogen-bond donors (Lipinski definition) is 4. The molecule has 0 radical (unpaired) electrons. The smallest absolute Gasteiger partial charge is 0.320 e. The van der Waals surface area contributed by atoms with Gasteiger partial charge in [0.2, 0.25) is 0 Å². The summed E-state index contributed by atoms with van der Waals surface area (Å²) in [7, 11) is 3.92. The second-order valence-electron chi connectivity index (χ2n) is 4.84. The Morgan fingerprint density at radius 2 is 1.95 bits per heavy atom. The molecule has 0 bridgehead atoms. The van der Waals surface area contributed by atoms with Crippen molar-refractivity contribution in [2.45, 2.75) is 56.2 Å². The molecule has 1 heterocycles. The van der Waals surface area contributed by atoms with Crippen LogP contribution in [0.4, 0.5) is 0 Å². The zero-order valence-electron chi connectivity index (χ0n) is 12.2. The number of nitrogens with two attached hydrogens (primary N) is 2. The molecule has 1 aliphatic rings. The van der Waals surface area contributed by atoms with Crippen LogP contribution in [0, 0.1) is 0 Å². The molecule has 0 aromatic rings. The monoisotopic (exact) mass is 338 g/mol. The van der Waals surface area contributed by atoms with E-state index in [2.05, 4.69) is 0 Å². The zero-order valence-corrected chi connectivity index (χ0v) is 13.8. The van der Waals surface area contributed by atoms with Crippen molar-refractivity contribution in [1.82, 2.24) is 0 Å². The number of carboxylic acids is 2. The maximum absolute atomic E-state index is 10.2. The van der Waals surface area contributed by atoms with Gasteiger partial charge in [-0.3, -0.25) is 9.59 Å². The van der Waals surface area contributed by atoms with Crippen molar-refractivity contribution in [3.8, 4) is 0 Å². The predicted molar refractivity (Wildman–Crippen MR) is 88.5 cm³/mol. The molecule has 8 heteroatoms. The van der Waals surface area contributed by atoms with Crippen molar-refractivity contribution in [1.29, 1.82) is 0 Å². The first-order valence-electron chi connectivity index (χ1n) is 7.16. The number of carboxylic acid groups (broad SMARTS) is 2. The molecule has 0 saturated carbocycles. The lowest BCUT2D eigenvalue weighted by Gasteiger charge is -2.04. The molecule has 1 fully saturated rings. The molecule has 1 aliphatic heterocycles. The molecule has 0 aromatic carbocycles. The Kier molecular flexibility index (Phi) is 13.0. The largest absolute Gasteiger partial charge is 0.481 e. The van der Waals surface area contributed by atoms with Gasteiger partial charge in [-0.15, -0.1) is 0 Å². The van der Waals surface area contributed by atoms with E-state index in [1.54, 1.807) is 0 Å². The molecule has 1 rings (SSSR count). The maximum atomic E-state index is 10.2. The van der Waals surface area contributed by atoms with E-state index < -0.39 is 18.0 Å². The Bertz CT molecular complexity index is 300. The molecule has 0 spiro atoms. The molecule has 124 valence electrons. The second kappa shape index (κ2) is 13.2. The van der Waals surface area contributed by atoms with Crippen LogP contribution >= 0.6 is 21.6 Å². The number of rotatable bonds is 9. The summed E-state index contributed by atoms with van der Waals surface area (Å²) in [6.07, 6.45) is 5.90. The van der Waals surface area contributed by atoms with Gasteiger partial charge in [0, 0.05) is 17.4 Å². The highest BCUT2D eigenvalue weighted by atomic mass is 33.1. The summed E-state index contributed by atoms with van der Waals surface area (Å²) in [4.78, 5) is 20.2.